The van der Waals surface area contributed by atoms with E-state index in [2.05, 4.69) is 39.9 Å². The van der Waals surface area contributed by atoms with Crippen LogP contribution >= 0.6 is 11.3 Å². The lowest BCUT2D eigenvalue weighted by molar-refractivity contribution is 0.0365. The van der Waals surface area contributed by atoms with Gasteiger partial charge in [0.25, 0.3) is 0 Å². The highest BCUT2D eigenvalue weighted by Crippen LogP contribution is 2.38. The molecule has 0 unspecified atom stereocenters. The monoisotopic (exact) mass is 458 g/mol. The summed E-state index contributed by atoms with van der Waals surface area (Å²) in [5.74, 6) is 0.779. The second-order valence-electron chi connectivity index (χ2n) is 9.05. The predicted octanol–water partition coefficient (Wildman–Crippen LogP) is 4.17. The Morgan fingerprint density at radius 2 is 1.91 bits per heavy atom. The number of benzene rings is 1. The summed E-state index contributed by atoms with van der Waals surface area (Å²) < 4.78 is 9.73. The van der Waals surface area contributed by atoms with Crippen LogP contribution in [0.4, 0.5) is 0 Å². The van der Waals surface area contributed by atoms with Crippen LogP contribution in [0.5, 0.6) is 0 Å². The summed E-state index contributed by atoms with van der Waals surface area (Å²) in [7, 11) is 0. The maximum atomic E-state index is 5.50. The zero-order chi connectivity index (χ0) is 21.8. The molecule has 0 N–H and O–H groups in total. The number of para-hydroxylation sites is 1. The van der Waals surface area contributed by atoms with Crippen LogP contribution in [-0.2, 0) is 24.1 Å². The van der Waals surface area contributed by atoms with Crippen molar-refractivity contribution in [2.45, 2.75) is 32.2 Å². The van der Waals surface area contributed by atoms with Crippen molar-refractivity contribution >= 4 is 38.1 Å². The van der Waals surface area contributed by atoms with Crippen molar-refractivity contribution in [2.75, 3.05) is 32.8 Å². The van der Waals surface area contributed by atoms with Gasteiger partial charge in [0, 0.05) is 53.7 Å². The smallest absolute Gasteiger partial charge is 0.184 e. The van der Waals surface area contributed by atoms with E-state index in [4.69, 9.17) is 19.8 Å². The molecule has 1 aliphatic heterocycles. The zero-order valence-corrected chi connectivity index (χ0v) is 19.4. The maximum absolute atomic E-state index is 5.50. The number of rotatable bonds is 4. The standard InChI is InChI=1S/C25H26N6OS/c1-3-7-20-17(5-1)19(15-30(20)10-9-29-11-13-32-14-12-29)23-27-24-22-18-6-2-4-8-21(18)33-25(22)26-16-31(24)28-23/h1,3,5,7,15-16H,2,4,6,8-14H2. The summed E-state index contributed by atoms with van der Waals surface area (Å²) in [6.45, 7) is 5.64. The first kappa shape index (κ1) is 19.6. The van der Waals surface area contributed by atoms with E-state index in [0.717, 1.165) is 67.7 Å². The van der Waals surface area contributed by atoms with Crippen molar-refractivity contribution in [1.29, 1.82) is 0 Å². The van der Waals surface area contributed by atoms with E-state index in [1.165, 1.54) is 46.0 Å². The topological polar surface area (TPSA) is 60.5 Å². The first-order valence-corrected chi connectivity index (χ1v) is 12.7. The molecule has 33 heavy (non-hydrogen) atoms. The van der Waals surface area contributed by atoms with Gasteiger partial charge in [0.05, 0.1) is 18.6 Å². The minimum absolute atomic E-state index is 0.779. The van der Waals surface area contributed by atoms with Crippen LogP contribution < -0.4 is 0 Å². The Morgan fingerprint density at radius 1 is 1.03 bits per heavy atom. The van der Waals surface area contributed by atoms with E-state index in [0.29, 0.717) is 0 Å². The molecule has 1 saturated heterocycles. The normalized spacial score (nSPS) is 17.3. The summed E-state index contributed by atoms with van der Waals surface area (Å²) in [4.78, 5) is 14.9. The maximum Gasteiger partial charge on any atom is 0.184 e. The fourth-order valence-electron chi connectivity index (χ4n) is 5.35. The van der Waals surface area contributed by atoms with E-state index in [1.54, 1.807) is 0 Å². The summed E-state index contributed by atoms with van der Waals surface area (Å²) in [5, 5.41) is 7.30. The van der Waals surface area contributed by atoms with Crippen molar-refractivity contribution in [2.24, 2.45) is 0 Å². The van der Waals surface area contributed by atoms with Crippen LogP contribution in [0.1, 0.15) is 23.3 Å². The number of aromatic nitrogens is 5. The molecule has 1 aliphatic carbocycles. The third-order valence-corrected chi connectivity index (χ3v) is 8.28. The molecular formula is C25H26N6OS. The number of nitrogens with zero attached hydrogens (tertiary/aromatic N) is 6. The molecule has 5 aromatic rings. The second-order valence-corrected chi connectivity index (χ2v) is 10.1. The van der Waals surface area contributed by atoms with E-state index in [9.17, 15) is 0 Å². The van der Waals surface area contributed by atoms with Gasteiger partial charge in [0.1, 0.15) is 11.2 Å². The van der Waals surface area contributed by atoms with Gasteiger partial charge in [0.15, 0.2) is 11.5 Å². The molecule has 0 radical (unpaired) electrons. The fourth-order valence-corrected chi connectivity index (χ4v) is 6.58. The number of aryl methyl sites for hydroxylation is 2. The predicted molar refractivity (Wildman–Crippen MR) is 131 cm³/mol. The van der Waals surface area contributed by atoms with Crippen molar-refractivity contribution < 1.29 is 4.74 Å². The molecule has 1 fully saturated rings. The molecule has 2 aliphatic rings. The molecular weight excluding hydrogens is 432 g/mol. The molecule has 5 heterocycles. The highest BCUT2D eigenvalue weighted by Gasteiger charge is 2.22. The van der Waals surface area contributed by atoms with Crippen LogP contribution in [0.2, 0.25) is 0 Å². The Labute approximate surface area is 195 Å². The average molecular weight is 459 g/mol. The Kier molecular flexibility index (Phi) is 4.70. The molecule has 7 rings (SSSR count). The number of morpholine rings is 1. The third kappa shape index (κ3) is 3.27. The van der Waals surface area contributed by atoms with Gasteiger partial charge in [-0.2, -0.15) is 0 Å². The van der Waals surface area contributed by atoms with E-state index >= 15 is 0 Å². The average Bonchev–Trinajstić information content (AvgIpc) is 3.56. The number of thiophene rings is 1. The van der Waals surface area contributed by atoms with Gasteiger partial charge in [-0.15, -0.1) is 16.4 Å². The summed E-state index contributed by atoms with van der Waals surface area (Å²) in [6.07, 6.45) is 8.87. The molecule has 7 nitrogen and oxygen atoms in total. The van der Waals surface area contributed by atoms with E-state index < -0.39 is 0 Å². The Hall–Kier alpha value is -2.81. The van der Waals surface area contributed by atoms with Crippen LogP contribution in [0.3, 0.4) is 0 Å². The quantitative estimate of drug-likeness (QED) is 0.405. The van der Waals surface area contributed by atoms with Crippen LogP contribution in [0, 0.1) is 0 Å². The minimum Gasteiger partial charge on any atom is -0.379 e. The van der Waals surface area contributed by atoms with Crippen molar-refractivity contribution in [3.8, 4) is 11.4 Å². The van der Waals surface area contributed by atoms with E-state index in [-0.39, 0.29) is 0 Å². The largest absolute Gasteiger partial charge is 0.379 e. The summed E-state index contributed by atoms with van der Waals surface area (Å²) in [6, 6.07) is 8.59. The molecule has 4 aromatic heterocycles. The molecule has 0 saturated carbocycles. The van der Waals surface area contributed by atoms with Gasteiger partial charge in [-0.25, -0.2) is 14.5 Å². The Balaban J connectivity index is 1.32. The van der Waals surface area contributed by atoms with E-state index in [1.807, 2.05) is 22.2 Å². The van der Waals surface area contributed by atoms with Gasteiger partial charge in [-0.3, -0.25) is 4.90 Å². The lowest BCUT2D eigenvalue weighted by Gasteiger charge is -2.26. The van der Waals surface area contributed by atoms with Gasteiger partial charge >= 0.3 is 0 Å². The van der Waals surface area contributed by atoms with Crippen molar-refractivity contribution in [3.63, 3.8) is 0 Å². The number of hydrogen-bond donors (Lipinski definition) is 0. The minimum atomic E-state index is 0.779. The second kappa shape index (κ2) is 7.90. The molecule has 168 valence electrons. The van der Waals surface area contributed by atoms with Gasteiger partial charge in [0.2, 0.25) is 0 Å². The van der Waals surface area contributed by atoms with Crippen LogP contribution in [0.15, 0.2) is 36.8 Å². The number of fused-ring (bicyclic) bond motifs is 6. The number of ether oxygens (including phenoxy) is 1. The van der Waals surface area contributed by atoms with Gasteiger partial charge in [-0.1, -0.05) is 18.2 Å². The SMILES string of the molecule is c1ccc2c(c1)c(-c1nc3c4c5c(sc4ncn3n1)CCCC5)cn2CCN1CCOCC1. The van der Waals surface area contributed by atoms with Gasteiger partial charge < -0.3 is 9.30 Å². The molecule has 8 heteroatoms. The highest BCUT2D eigenvalue weighted by molar-refractivity contribution is 7.19. The van der Waals surface area contributed by atoms with Crippen LogP contribution in [0.25, 0.3) is 38.2 Å². The molecule has 0 amide bonds. The Bertz CT molecular complexity index is 1470. The lowest BCUT2D eigenvalue weighted by atomic mass is 9.97. The summed E-state index contributed by atoms with van der Waals surface area (Å²) >= 11 is 1.84. The summed E-state index contributed by atoms with van der Waals surface area (Å²) in [5.41, 5.74) is 4.72. The fraction of sp³-hybridized carbons (Fsp3) is 0.400. The Morgan fingerprint density at radius 3 is 2.85 bits per heavy atom. The highest BCUT2D eigenvalue weighted by atomic mass is 32.1. The number of hydrogen-bond acceptors (Lipinski definition) is 6. The van der Waals surface area contributed by atoms with Gasteiger partial charge in [-0.05, 0) is 37.3 Å². The molecule has 0 bridgehead atoms. The van der Waals surface area contributed by atoms with Crippen LogP contribution in [-0.4, -0.2) is 61.9 Å². The molecule has 0 atom stereocenters. The molecule has 0 spiro atoms. The first-order valence-electron chi connectivity index (χ1n) is 11.9. The first-order chi connectivity index (χ1) is 16.3. The zero-order valence-electron chi connectivity index (χ0n) is 18.5. The lowest BCUT2D eigenvalue weighted by Crippen LogP contribution is -2.38. The molecule has 1 aromatic carbocycles. The van der Waals surface area contributed by atoms with Crippen molar-refractivity contribution in [3.05, 3.63) is 47.2 Å². The third-order valence-electron chi connectivity index (χ3n) is 7.08. The van der Waals surface area contributed by atoms with Crippen molar-refractivity contribution in [1.82, 2.24) is 29.0 Å².